The van der Waals surface area contributed by atoms with Crippen molar-refractivity contribution in [2.75, 3.05) is 11.4 Å². The fourth-order valence-electron chi connectivity index (χ4n) is 4.51. The molecule has 1 aliphatic carbocycles. The lowest BCUT2D eigenvalue weighted by Crippen LogP contribution is -2.49. The monoisotopic (exact) mass is 474 g/mol. The van der Waals surface area contributed by atoms with Gasteiger partial charge in [0.1, 0.15) is 6.04 Å². The van der Waals surface area contributed by atoms with Crippen LogP contribution >= 0.6 is 0 Å². The van der Waals surface area contributed by atoms with Crippen LogP contribution in [0.1, 0.15) is 60.3 Å². The topological polar surface area (TPSA) is 105 Å². The molecule has 1 atom stereocenters. The Morgan fingerprint density at radius 1 is 1.06 bits per heavy atom. The van der Waals surface area contributed by atoms with Crippen molar-refractivity contribution in [3.05, 3.63) is 84.1 Å². The standard InChI is InChI=1S/C27H30N4O4/c1-2-19-8-3-6-11-22(19)31(24(32)18-29-26(33)23-12-7-17-35-23)25(20-13-15-28-16-14-20)27(34)30-21-9-4-5-10-21/h3,6-8,11-17,21,25H,2,4-5,9-10,18H2,1H3,(H,29,33)(H,30,34)/t25-/m0/s1. The highest BCUT2D eigenvalue weighted by Crippen LogP contribution is 2.31. The summed E-state index contributed by atoms with van der Waals surface area (Å²) in [5.74, 6) is -1.04. The predicted octanol–water partition coefficient (Wildman–Crippen LogP) is 3.80. The minimum Gasteiger partial charge on any atom is -0.459 e. The molecule has 182 valence electrons. The Hall–Kier alpha value is -3.94. The first-order valence-corrected chi connectivity index (χ1v) is 12.0. The molecule has 0 radical (unpaired) electrons. The number of para-hydroxylation sites is 1. The SMILES string of the molecule is CCc1ccccc1N(C(=O)CNC(=O)c1ccco1)[C@H](C(=O)NC1CCCC1)c1ccncc1. The van der Waals surface area contributed by atoms with Crippen LogP contribution in [-0.2, 0) is 16.0 Å². The van der Waals surface area contributed by atoms with E-state index in [0.717, 1.165) is 31.2 Å². The third-order valence-corrected chi connectivity index (χ3v) is 6.28. The number of carbonyl (C=O) groups is 3. The van der Waals surface area contributed by atoms with Gasteiger partial charge in [0.15, 0.2) is 5.76 Å². The number of aryl methyl sites for hydroxylation is 1. The number of aromatic nitrogens is 1. The van der Waals surface area contributed by atoms with E-state index in [9.17, 15) is 14.4 Å². The number of furan rings is 1. The highest BCUT2D eigenvalue weighted by atomic mass is 16.3. The summed E-state index contributed by atoms with van der Waals surface area (Å²) in [7, 11) is 0. The molecular weight excluding hydrogens is 444 g/mol. The number of amides is 3. The second-order valence-electron chi connectivity index (χ2n) is 8.58. The van der Waals surface area contributed by atoms with Gasteiger partial charge in [-0.25, -0.2) is 0 Å². The van der Waals surface area contributed by atoms with Crippen LogP contribution in [0.3, 0.4) is 0 Å². The zero-order valence-corrected chi connectivity index (χ0v) is 19.8. The van der Waals surface area contributed by atoms with Crippen LogP contribution in [0.4, 0.5) is 5.69 Å². The van der Waals surface area contributed by atoms with E-state index < -0.39 is 17.9 Å². The number of nitrogens with zero attached hydrogens (tertiary/aromatic N) is 2. The number of carbonyl (C=O) groups excluding carboxylic acids is 3. The fraction of sp³-hybridized carbons (Fsp3) is 0.333. The van der Waals surface area contributed by atoms with Crippen molar-refractivity contribution in [3.63, 3.8) is 0 Å². The molecule has 1 saturated carbocycles. The van der Waals surface area contributed by atoms with Gasteiger partial charge in [0, 0.05) is 24.1 Å². The van der Waals surface area contributed by atoms with E-state index in [4.69, 9.17) is 4.42 Å². The Labute approximate surface area is 204 Å². The van der Waals surface area contributed by atoms with E-state index in [-0.39, 0.29) is 24.3 Å². The average molecular weight is 475 g/mol. The first-order chi connectivity index (χ1) is 17.1. The van der Waals surface area contributed by atoms with Gasteiger partial charge >= 0.3 is 0 Å². The smallest absolute Gasteiger partial charge is 0.287 e. The van der Waals surface area contributed by atoms with Crippen LogP contribution in [-0.4, -0.2) is 35.3 Å². The van der Waals surface area contributed by atoms with E-state index in [1.54, 1.807) is 30.6 Å². The largest absolute Gasteiger partial charge is 0.459 e. The second-order valence-corrected chi connectivity index (χ2v) is 8.58. The fourth-order valence-corrected chi connectivity index (χ4v) is 4.51. The van der Waals surface area contributed by atoms with Gasteiger partial charge in [-0.15, -0.1) is 0 Å². The first kappa shape index (κ1) is 24.2. The predicted molar refractivity (Wildman–Crippen MR) is 132 cm³/mol. The zero-order valence-electron chi connectivity index (χ0n) is 19.8. The number of anilines is 1. The summed E-state index contributed by atoms with van der Waals surface area (Å²) in [4.78, 5) is 45.5. The summed E-state index contributed by atoms with van der Waals surface area (Å²) in [5.41, 5.74) is 2.20. The van der Waals surface area contributed by atoms with Gasteiger partial charge in [-0.2, -0.15) is 0 Å². The molecule has 3 amide bonds. The van der Waals surface area contributed by atoms with Crippen LogP contribution in [0.2, 0.25) is 0 Å². The molecule has 1 fully saturated rings. The lowest BCUT2D eigenvalue weighted by molar-refractivity contribution is -0.126. The Morgan fingerprint density at radius 3 is 2.49 bits per heavy atom. The molecule has 35 heavy (non-hydrogen) atoms. The third kappa shape index (κ3) is 5.77. The van der Waals surface area contributed by atoms with Crippen molar-refractivity contribution in [1.29, 1.82) is 0 Å². The molecule has 1 aliphatic rings. The molecule has 0 bridgehead atoms. The highest BCUT2D eigenvalue weighted by molar-refractivity contribution is 6.04. The molecule has 2 heterocycles. The van der Waals surface area contributed by atoms with Gasteiger partial charge in [-0.1, -0.05) is 38.0 Å². The van der Waals surface area contributed by atoms with Gasteiger partial charge < -0.3 is 15.1 Å². The first-order valence-electron chi connectivity index (χ1n) is 12.0. The Bertz CT molecular complexity index is 1140. The van der Waals surface area contributed by atoms with E-state index in [1.165, 1.54) is 17.2 Å². The summed E-state index contributed by atoms with van der Waals surface area (Å²) in [6.07, 6.45) is 9.28. The van der Waals surface area contributed by atoms with Gasteiger partial charge in [0.25, 0.3) is 5.91 Å². The minimum atomic E-state index is -0.917. The average Bonchev–Trinajstić information content (AvgIpc) is 3.61. The lowest BCUT2D eigenvalue weighted by atomic mass is 10.0. The maximum atomic E-state index is 13.7. The number of rotatable bonds is 9. The summed E-state index contributed by atoms with van der Waals surface area (Å²) in [6.45, 7) is 1.70. The quantitative estimate of drug-likeness (QED) is 0.491. The van der Waals surface area contributed by atoms with Crippen LogP contribution in [0.5, 0.6) is 0 Å². The van der Waals surface area contributed by atoms with Crippen molar-refractivity contribution in [2.45, 2.75) is 51.1 Å². The third-order valence-electron chi connectivity index (χ3n) is 6.28. The molecule has 0 unspecified atom stereocenters. The number of pyridine rings is 1. The molecular formula is C27H30N4O4. The van der Waals surface area contributed by atoms with Gasteiger partial charge in [0.2, 0.25) is 11.8 Å². The normalized spacial score (nSPS) is 14.3. The zero-order chi connectivity index (χ0) is 24.6. The molecule has 0 aliphatic heterocycles. The Morgan fingerprint density at radius 2 is 1.80 bits per heavy atom. The molecule has 0 spiro atoms. The minimum absolute atomic E-state index is 0.0869. The maximum Gasteiger partial charge on any atom is 0.287 e. The summed E-state index contributed by atoms with van der Waals surface area (Å²) in [5, 5.41) is 5.77. The number of nitrogens with one attached hydrogen (secondary N) is 2. The Kier molecular flexibility index (Phi) is 7.92. The van der Waals surface area contributed by atoms with Crippen LogP contribution in [0.15, 0.2) is 71.6 Å². The van der Waals surface area contributed by atoms with E-state index in [2.05, 4.69) is 15.6 Å². The highest BCUT2D eigenvalue weighted by Gasteiger charge is 2.35. The lowest BCUT2D eigenvalue weighted by Gasteiger charge is -2.33. The second kappa shape index (κ2) is 11.5. The van der Waals surface area contributed by atoms with Crippen molar-refractivity contribution in [3.8, 4) is 0 Å². The summed E-state index contributed by atoms with van der Waals surface area (Å²) < 4.78 is 5.13. The summed E-state index contributed by atoms with van der Waals surface area (Å²) >= 11 is 0. The number of hydrogen-bond donors (Lipinski definition) is 2. The number of hydrogen-bond acceptors (Lipinski definition) is 5. The molecule has 8 heteroatoms. The van der Waals surface area contributed by atoms with Crippen molar-refractivity contribution in [2.24, 2.45) is 0 Å². The van der Waals surface area contributed by atoms with Gasteiger partial charge in [-0.05, 0) is 60.7 Å². The molecule has 4 rings (SSSR count). The van der Waals surface area contributed by atoms with Crippen molar-refractivity contribution in [1.82, 2.24) is 15.6 Å². The Balaban J connectivity index is 1.70. The van der Waals surface area contributed by atoms with Crippen LogP contribution in [0.25, 0.3) is 0 Å². The van der Waals surface area contributed by atoms with Crippen molar-refractivity contribution < 1.29 is 18.8 Å². The molecule has 1 aromatic carbocycles. The van der Waals surface area contributed by atoms with Gasteiger partial charge in [0.05, 0.1) is 12.8 Å². The molecule has 2 N–H and O–H groups in total. The molecule has 8 nitrogen and oxygen atoms in total. The van der Waals surface area contributed by atoms with Crippen LogP contribution in [0, 0.1) is 0 Å². The van der Waals surface area contributed by atoms with E-state index >= 15 is 0 Å². The van der Waals surface area contributed by atoms with Gasteiger partial charge in [-0.3, -0.25) is 24.3 Å². The van der Waals surface area contributed by atoms with E-state index in [0.29, 0.717) is 17.7 Å². The van der Waals surface area contributed by atoms with E-state index in [1.807, 2.05) is 31.2 Å². The molecule has 0 saturated heterocycles. The number of benzene rings is 1. The molecule has 2 aromatic heterocycles. The summed E-state index contributed by atoms with van der Waals surface area (Å²) in [6, 6.07) is 13.3. The maximum absolute atomic E-state index is 13.7. The van der Waals surface area contributed by atoms with Crippen molar-refractivity contribution >= 4 is 23.4 Å². The van der Waals surface area contributed by atoms with Crippen LogP contribution < -0.4 is 15.5 Å². The molecule has 3 aromatic rings.